The zero-order valence-electron chi connectivity index (χ0n) is 12.9. The van der Waals surface area contributed by atoms with Gasteiger partial charge in [-0.25, -0.2) is 4.98 Å². The van der Waals surface area contributed by atoms with Crippen LogP contribution in [0.3, 0.4) is 0 Å². The second-order valence-corrected chi connectivity index (χ2v) is 5.98. The van der Waals surface area contributed by atoms with E-state index in [-0.39, 0.29) is 12.2 Å². The Balaban J connectivity index is 1.56. The summed E-state index contributed by atoms with van der Waals surface area (Å²) in [6.07, 6.45) is 1.55. The predicted molar refractivity (Wildman–Crippen MR) is 95.8 cm³/mol. The molecule has 0 spiro atoms. The number of nitrogens with one attached hydrogen (secondary N) is 1. The molecule has 0 unspecified atom stereocenters. The molecule has 0 atom stereocenters. The maximum Gasteiger partial charge on any atom is 0.326 e. The first-order valence-corrected chi connectivity index (χ1v) is 8.09. The lowest BCUT2D eigenvalue weighted by Crippen LogP contribution is -2.23. The second kappa shape index (κ2) is 7.55. The largest absolute Gasteiger partial charge is 0.454 e. The molecular weight excluding hydrogens is 365 g/mol. The zero-order valence-corrected chi connectivity index (χ0v) is 14.4. The van der Waals surface area contributed by atoms with Crippen LogP contribution in [0.15, 0.2) is 48.8 Å². The van der Waals surface area contributed by atoms with Gasteiger partial charge in [0, 0.05) is 0 Å². The number of nitrogens with zero attached hydrogens (tertiary/aromatic N) is 2. The molecule has 1 heterocycles. The maximum absolute atomic E-state index is 11.9. The van der Waals surface area contributed by atoms with Crippen molar-refractivity contribution in [3.8, 4) is 0 Å². The zero-order chi connectivity index (χ0) is 17.8. The number of amides is 1. The Kier molecular flexibility index (Phi) is 5.21. The van der Waals surface area contributed by atoms with Gasteiger partial charge in [-0.05, 0) is 24.3 Å². The third-order valence-corrected chi connectivity index (χ3v) is 4.05. The molecule has 1 N–H and O–H groups in total. The van der Waals surface area contributed by atoms with Gasteiger partial charge in [-0.2, -0.15) is 0 Å². The normalized spacial score (nSPS) is 10.6. The molecule has 8 heteroatoms. The lowest BCUT2D eigenvalue weighted by molar-refractivity contribution is -0.147. The average Bonchev–Trinajstić information content (AvgIpc) is 3.00. The van der Waals surface area contributed by atoms with Crippen molar-refractivity contribution in [1.82, 2.24) is 9.55 Å². The number of aromatic nitrogens is 2. The minimum Gasteiger partial charge on any atom is -0.454 e. The molecule has 0 saturated carbocycles. The maximum atomic E-state index is 11.9. The molecule has 3 rings (SSSR count). The molecule has 25 heavy (non-hydrogen) atoms. The van der Waals surface area contributed by atoms with Crippen molar-refractivity contribution >= 4 is 51.8 Å². The van der Waals surface area contributed by atoms with Gasteiger partial charge in [0.1, 0.15) is 6.54 Å². The summed E-state index contributed by atoms with van der Waals surface area (Å²) >= 11 is 11.9. The third-order valence-electron chi connectivity index (χ3n) is 3.42. The molecule has 0 aliphatic heterocycles. The molecule has 0 bridgehead atoms. The fourth-order valence-corrected chi connectivity index (χ4v) is 2.75. The number of imidazole rings is 1. The molecule has 0 aliphatic carbocycles. The van der Waals surface area contributed by atoms with Crippen LogP contribution in [0.25, 0.3) is 11.0 Å². The summed E-state index contributed by atoms with van der Waals surface area (Å²) in [6.45, 7) is -0.479. The highest BCUT2D eigenvalue weighted by molar-refractivity contribution is 6.39. The number of hydrogen-bond donors (Lipinski definition) is 1. The first kappa shape index (κ1) is 17.3. The molecule has 0 aliphatic rings. The van der Waals surface area contributed by atoms with Crippen molar-refractivity contribution in [3.63, 3.8) is 0 Å². The molecule has 1 amide bonds. The molecule has 6 nitrogen and oxygen atoms in total. The number of carbonyl (C=O) groups excluding carboxylic acids is 2. The van der Waals surface area contributed by atoms with Crippen LogP contribution in [0.4, 0.5) is 5.69 Å². The lowest BCUT2D eigenvalue weighted by Gasteiger charge is -2.10. The number of anilines is 1. The van der Waals surface area contributed by atoms with Crippen LogP contribution in [-0.4, -0.2) is 28.0 Å². The first-order valence-electron chi connectivity index (χ1n) is 7.34. The molecule has 3 aromatic rings. The summed E-state index contributed by atoms with van der Waals surface area (Å²) in [5.74, 6) is -1.08. The second-order valence-electron chi connectivity index (χ2n) is 5.17. The number of esters is 1. The predicted octanol–water partition coefficient (Wildman–Crippen LogP) is 3.53. The fraction of sp³-hybridized carbons (Fsp3) is 0.118. The minimum absolute atomic E-state index is 0.0410. The highest BCUT2D eigenvalue weighted by atomic mass is 35.5. The van der Waals surface area contributed by atoms with E-state index in [1.54, 1.807) is 29.1 Å². The number of fused-ring (bicyclic) bond motifs is 1. The van der Waals surface area contributed by atoms with Crippen molar-refractivity contribution in [3.05, 3.63) is 58.8 Å². The topological polar surface area (TPSA) is 73.2 Å². The number of ether oxygens (including phenoxy) is 1. The molecule has 128 valence electrons. The van der Waals surface area contributed by atoms with Crippen LogP contribution >= 0.6 is 23.2 Å². The molecule has 0 radical (unpaired) electrons. The van der Waals surface area contributed by atoms with Crippen molar-refractivity contribution in [2.45, 2.75) is 6.54 Å². The summed E-state index contributed by atoms with van der Waals surface area (Å²) < 4.78 is 6.65. The van der Waals surface area contributed by atoms with Gasteiger partial charge in [0.2, 0.25) is 0 Å². The standard InChI is InChI=1S/C17H13Cl2N3O3/c18-11-4-3-5-12(19)17(11)21-15(23)9-25-16(24)8-22-10-20-13-6-1-2-7-14(13)22/h1-7,10H,8-9H2,(H,21,23). The summed E-state index contributed by atoms with van der Waals surface area (Å²) in [7, 11) is 0. The summed E-state index contributed by atoms with van der Waals surface area (Å²) in [6, 6.07) is 12.3. The van der Waals surface area contributed by atoms with Crippen LogP contribution in [0.1, 0.15) is 0 Å². The van der Waals surface area contributed by atoms with Gasteiger partial charge >= 0.3 is 5.97 Å². The minimum atomic E-state index is -0.552. The monoisotopic (exact) mass is 377 g/mol. The SMILES string of the molecule is O=C(COC(=O)Cn1cnc2ccccc21)Nc1c(Cl)cccc1Cl. The first-order chi connectivity index (χ1) is 12.0. The number of halogens is 2. The highest BCUT2D eigenvalue weighted by Gasteiger charge is 2.13. The Morgan fingerprint density at radius 3 is 2.56 bits per heavy atom. The van der Waals surface area contributed by atoms with E-state index in [2.05, 4.69) is 10.3 Å². The van der Waals surface area contributed by atoms with Crippen molar-refractivity contribution in [1.29, 1.82) is 0 Å². The van der Waals surface area contributed by atoms with E-state index in [9.17, 15) is 9.59 Å². The lowest BCUT2D eigenvalue weighted by atomic mass is 10.3. The van der Waals surface area contributed by atoms with Crippen LogP contribution in [0.5, 0.6) is 0 Å². The van der Waals surface area contributed by atoms with Crippen LogP contribution in [-0.2, 0) is 20.9 Å². The van der Waals surface area contributed by atoms with E-state index in [0.717, 1.165) is 11.0 Å². The van der Waals surface area contributed by atoms with Crippen LogP contribution in [0.2, 0.25) is 10.0 Å². The van der Waals surface area contributed by atoms with E-state index in [1.807, 2.05) is 24.3 Å². The summed E-state index contributed by atoms with van der Waals surface area (Å²) in [4.78, 5) is 28.0. The van der Waals surface area contributed by atoms with Crippen molar-refractivity contribution in [2.75, 3.05) is 11.9 Å². The Morgan fingerprint density at radius 1 is 1.08 bits per heavy atom. The smallest absolute Gasteiger partial charge is 0.326 e. The summed E-state index contributed by atoms with van der Waals surface area (Å²) in [5.41, 5.74) is 1.88. The van der Waals surface area contributed by atoms with Gasteiger partial charge in [-0.15, -0.1) is 0 Å². The van der Waals surface area contributed by atoms with Crippen LogP contribution < -0.4 is 5.32 Å². The Morgan fingerprint density at radius 2 is 1.80 bits per heavy atom. The third kappa shape index (κ3) is 4.10. The molecule has 2 aromatic carbocycles. The average molecular weight is 378 g/mol. The van der Waals surface area contributed by atoms with E-state index >= 15 is 0 Å². The van der Waals surface area contributed by atoms with E-state index in [1.165, 1.54) is 0 Å². The van der Waals surface area contributed by atoms with Gasteiger partial charge in [0.05, 0.1) is 33.1 Å². The quantitative estimate of drug-likeness (QED) is 0.690. The van der Waals surface area contributed by atoms with Gasteiger partial charge < -0.3 is 14.6 Å². The van der Waals surface area contributed by atoms with Crippen molar-refractivity contribution < 1.29 is 14.3 Å². The van der Waals surface area contributed by atoms with Gasteiger partial charge in [0.15, 0.2) is 6.61 Å². The van der Waals surface area contributed by atoms with E-state index in [4.69, 9.17) is 27.9 Å². The molecule has 1 aromatic heterocycles. The van der Waals surface area contributed by atoms with Crippen LogP contribution in [0, 0.1) is 0 Å². The van der Waals surface area contributed by atoms with Gasteiger partial charge in [-0.3, -0.25) is 9.59 Å². The Labute approximate surface area is 153 Å². The Hall–Kier alpha value is -2.57. The Bertz CT molecular complexity index is 920. The molecular formula is C17H13Cl2N3O3. The molecule has 0 fully saturated rings. The van der Waals surface area contributed by atoms with E-state index < -0.39 is 18.5 Å². The highest BCUT2D eigenvalue weighted by Crippen LogP contribution is 2.29. The number of hydrogen-bond acceptors (Lipinski definition) is 4. The number of carbonyl (C=O) groups is 2. The fourth-order valence-electron chi connectivity index (χ4n) is 2.26. The van der Waals surface area contributed by atoms with Gasteiger partial charge in [-0.1, -0.05) is 41.4 Å². The summed E-state index contributed by atoms with van der Waals surface area (Å²) in [5, 5.41) is 3.13. The molecule has 0 saturated heterocycles. The number of rotatable bonds is 5. The van der Waals surface area contributed by atoms with E-state index in [0.29, 0.717) is 10.0 Å². The van der Waals surface area contributed by atoms with Crippen molar-refractivity contribution in [2.24, 2.45) is 0 Å². The number of benzene rings is 2. The number of para-hydroxylation sites is 3. The van der Waals surface area contributed by atoms with Gasteiger partial charge in [0.25, 0.3) is 5.91 Å².